The summed E-state index contributed by atoms with van der Waals surface area (Å²) in [6.45, 7) is 4.08. The van der Waals surface area contributed by atoms with Crippen LogP contribution in [0.3, 0.4) is 0 Å². The smallest absolute Gasteiger partial charge is 0.337 e. The van der Waals surface area contributed by atoms with Crippen LogP contribution in [0.4, 0.5) is 4.39 Å². The van der Waals surface area contributed by atoms with Crippen molar-refractivity contribution < 1.29 is 13.9 Å². The van der Waals surface area contributed by atoms with Gasteiger partial charge in [0.15, 0.2) is 5.67 Å². The number of fused-ring (bicyclic) bond motifs is 1. The van der Waals surface area contributed by atoms with Gasteiger partial charge in [0.1, 0.15) is 5.69 Å². The number of hydrogen-bond acceptors (Lipinski definition) is 4. The monoisotopic (exact) mass is 359 g/mol. The van der Waals surface area contributed by atoms with Crippen LogP contribution in [-0.4, -0.2) is 28.1 Å². The highest BCUT2D eigenvalue weighted by atomic mass is 19.1. The number of rotatable bonds is 4. The SMILES string of the molecule is COC(=O)c1ccc(CC2(F)CCCCCc3c2nnn3C(C)C)cc1. The first-order valence-electron chi connectivity index (χ1n) is 9.25. The number of carbonyl (C=O) groups is 1. The van der Waals surface area contributed by atoms with Gasteiger partial charge in [-0.05, 0) is 57.2 Å². The summed E-state index contributed by atoms with van der Waals surface area (Å²) < 4.78 is 22.7. The quantitative estimate of drug-likeness (QED) is 0.769. The van der Waals surface area contributed by atoms with Crippen LogP contribution in [0, 0.1) is 0 Å². The van der Waals surface area contributed by atoms with Gasteiger partial charge in [-0.1, -0.05) is 23.8 Å². The number of carbonyl (C=O) groups excluding carboxylic acids is 1. The summed E-state index contributed by atoms with van der Waals surface area (Å²) in [6, 6.07) is 7.10. The summed E-state index contributed by atoms with van der Waals surface area (Å²) in [5.74, 6) is -0.389. The lowest BCUT2D eigenvalue weighted by Crippen LogP contribution is -2.27. The third-order valence-corrected chi connectivity index (χ3v) is 5.05. The van der Waals surface area contributed by atoms with Crippen LogP contribution in [0.25, 0.3) is 0 Å². The lowest BCUT2D eigenvalue weighted by Gasteiger charge is -2.27. The Morgan fingerprint density at radius 1 is 1.27 bits per heavy atom. The summed E-state index contributed by atoms with van der Waals surface area (Å²) in [6.07, 6.45) is 4.37. The van der Waals surface area contributed by atoms with Crippen LogP contribution in [0.2, 0.25) is 0 Å². The minimum absolute atomic E-state index is 0.161. The second kappa shape index (κ2) is 7.56. The van der Waals surface area contributed by atoms with Gasteiger partial charge in [-0.15, -0.1) is 5.10 Å². The van der Waals surface area contributed by atoms with Crippen molar-refractivity contribution in [3.63, 3.8) is 0 Å². The highest BCUT2D eigenvalue weighted by Gasteiger charge is 2.39. The highest BCUT2D eigenvalue weighted by molar-refractivity contribution is 5.89. The maximum absolute atomic E-state index is 16.1. The van der Waals surface area contributed by atoms with Gasteiger partial charge in [0.25, 0.3) is 0 Å². The van der Waals surface area contributed by atoms with E-state index in [1.54, 1.807) is 24.3 Å². The number of aromatic nitrogens is 3. The minimum atomic E-state index is -1.53. The van der Waals surface area contributed by atoms with E-state index in [-0.39, 0.29) is 18.4 Å². The first-order chi connectivity index (χ1) is 12.4. The van der Waals surface area contributed by atoms with Crippen LogP contribution in [0.15, 0.2) is 24.3 Å². The molecule has 2 aromatic rings. The Balaban J connectivity index is 1.92. The normalized spacial score (nSPS) is 20.3. The van der Waals surface area contributed by atoms with Gasteiger partial charge in [0.05, 0.1) is 18.4 Å². The summed E-state index contributed by atoms with van der Waals surface area (Å²) >= 11 is 0. The van der Waals surface area contributed by atoms with Crippen LogP contribution >= 0.6 is 0 Å². The van der Waals surface area contributed by atoms with Gasteiger partial charge < -0.3 is 4.74 Å². The molecule has 0 fully saturated rings. The maximum atomic E-state index is 16.1. The van der Waals surface area contributed by atoms with E-state index in [0.29, 0.717) is 17.7 Å². The first-order valence-corrected chi connectivity index (χ1v) is 9.25. The number of esters is 1. The summed E-state index contributed by atoms with van der Waals surface area (Å²) in [4.78, 5) is 11.6. The van der Waals surface area contributed by atoms with Gasteiger partial charge in [0.2, 0.25) is 0 Å². The van der Waals surface area contributed by atoms with Crippen molar-refractivity contribution in [2.75, 3.05) is 7.11 Å². The molecule has 1 aromatic carbocycles. The third-order valence-electron chi connectivity index (χ3n) is 5.05. The molecule has 0 bridgehead atoms. The minimum Gasteiger partial charge on any atom is -0.465 e. The molecule has 5 nitrogen and oxygen atoms in total. The molecule has 26 heavy (non-hydrogen) atoms. The van der Waals surface area contributed by atoms with E-state index >= 15 is 4.39 Å². The van der Waals surface area contributed by atoms with Crippen molar-refractivity contribution in [2.24, 2.45) is 0 Å². The molecule has 140 valence electrons. The lowest BCUT2D eigenvalue weighted by molar-refractivity contribution is 0.0600. The molecule has 1 aromatic heterocycles. The molecule has 3 rings (SSSR count). The largest absolute Gasteiger partial charge is 0.465 e. The molecule has 0 radical (unpaired) electrons. The number of methoxy groups -OCH3 is 1. The van der Waals surface area contributed by atoms with Gasteiger partial charge >= 0.3 is 5.97 Å². The molecule has 1 heterocycles. The molecule has 1 aliphatic carbocycles. The summed E-state index contributed by atoms with van der Waals surface area (Å²) in [7, 11) is 1.35. The number of ether oxygens (including phenoxy) is 1. The van der Waals surface area contributed by atoms with E-state index < -0.39 is 5.67 Å². The van der Waals surface area contributed by atoms with E-state index in [2.05, 4.69) is 10.3 Å². The second-order valence-electron chi connectivity index (χ2n) is 7.31. The Morgan fingerprint density at radius 3 is 2.65 bits per heavy atom. The van der Waals surface area contributed by atoms with E-state index in [1.807, 2.05) is 18.5 Å². The molecule has 1 unspecified atom stereocenters. The van der Waals surface area contributed by atoms with E-state index in [9.17, 15) is 4.79 Å². The topological polar surface area (TPSA) is 57.0 Å². The number of alkyl halides is 1. The van der Waals surface area contributed by atoms with E-state index in [0.717, 1.165) is 36.9 Å². The van der Waals surface area contributed by atoms with Crippen molar-refractivity contribution in [1.29, 1.82) is 0 Å². The molecular formula is C20H26FN3O2. The zero-order chi connectivity index (χ0) is 18.7. The van der Waals surface area contributed by atoms with Crippen LogP contribution in [0.1, 0.15) is 72.9 Å². The van der Waals surface area contributed by atoms with Crippen LogP contribution < -0.4 is 0 Å². The molecule has 1 aliphatic rings. The molecule has 0 saturated heterocycles. The fraction of sp³-hybridized carbons (Fsp3) is 0.550. The van der Waals surface area contributed by atoms with Gasteiger partial charge in [-0.3, -0.25) is 0 Å². The zero-order valence-electron chi connectivity index (χ0n) is 15.7. The van der Waals surface area contributed by atoms with Crippen LogP contribution in [0.5, 0.6) is 0 Å². The first kappa shape index (κ1) is 18.5. The Hall–Kier alpha value is -2.24. The predicted octanol–water partition coefficient (Wildman–Crippen LogP) is 4.17. The molecule has 0 saturated carbocycles. The van der Waals surface area contributed by atoms with Gasteiger partial charge in [-0.25, -0.2) is 13.9 Å². The number of halogens is 1. The molecular weight excluding hydrogens is 333 g/mol. The molecule has 0 amide bonds. The second-order valence-corrected chi connectivity index (χ2v) is 7.31. The average molecular weight is 359 g/mol. The Kier molecular flexibility index (Phi) is 5.39. The van der Waals surface area contributed by atoms with Crippen molar-refractivity contribution in [1.82, 2.24) is 15.0 Å². The molecule has 0 N–H and O–H groups in total. The zero-order valence-corrected chi connectivity index (χ0v) is 15.7. The van der Waals surface area contributed by atoms with Crippen molar-refractivity contribution >= 4 is 5.97 Å². The molecule has 0 spiro atoms. The van der Waals surface area contributed by atoms with Gasteiger partial charge in [0, 0.05) is 12.5 Å². The van der Waals surface area contributed by atoms with Crippen molar-refractivity contribution in [3.8, 4) is 0 Å². The number of benzene rings is 1. The Labute approximate surface area is 153 Å². The van der Waals surface area contributed by atoms with Crippen molar-refractivity contribution in [3.05, 3.63) is 46.8 Å². The fourth-order valence-electron chi connectivity index (χ4n) is 3.67. The number of hydrogen-bond donors (Lipinski definition) is 0. The summed E-state index contributed by atoms with van der Waals surface area (Å²) in [5.41, 5.74) is 1.19. The number of nitrogens with zero attached hydrogens (tertiary/aromatic N) is 3. The molecule has 0 aliphatic heterocycles. The summed E-state index contributed by atoms with van der Waals surface area (Å²) in [5, 5.41) is 8.48. The molecule has 1 atom stereocenters. The van der Waals surface area contributed by atoms with E-state index in [4.69, 9.17) is 4.74 Å². The lowest BCUT2D eigenvalue weighted by atomic mass is 9.84. The highest BCUT2D eigenvalue weighted by Crippen LogP contribution is 2.39. The van der Waals surface area contributed by atoms with Crippen LogP contribution in [-0.2, 0) is 23.2 Å². The van der Waals surface area contributed by atoms with Gasteiger partial charge in [-0.2, -0.15) is 0 Å². The van der Waals surface area contributed by atoms with E-state index in [1.165, 1.54) is 7.11 Å². The van der Waals surface area contributed by atoms with Crippen molar-refractivity contribution in [2.45, 2.75) is 64.1 Å². The third kappa shape index (κ3) is 3.64. The maximum Gasteiger partial charge on any atom is 0.337 e. The predicted molar refractivity (Wildman–Crippen MR) is 96.9 cm³/mol. The Morgan fingerprint density at radius 2 is 2.00 bits per heavy atom. The average Bonchev–Trinajstić information content (AvgIpc) is 3.04. The fourth-order valence-corrected chi connectivity index (χ4v) is 3.67. The molecule has 6 heteroatoms. The Bertz CT molecular complexity index is 770. The standard InChI is InChI=1S/C20H26FN3O2/c1-14(2)24-17-7-5-4-6-12-20(21,18(17)22-23-24)13-15-8-10-16(11-9-15)19(25)26-3/h8-11,14H,4-7,12-13H2,1-3H3.